The van der Waals surface area contributed by atoms with Crippen molar-refractivity contribution in [2.45, 2.75) is 39.5 Å². The van der Waals surface area contributed by atoms with Crippen molar-refractivity contribution < 1.29 is 27.4 Å². The predicted octanol–water partition coefficient (Wildman–Crippen LogP) is 3.71. The van der Waals surface area contributed by atoms with Gasteiger partial charge in [-0.2, -0.15) is 13.2 Å². The molecule has 6 heteroatoms. The van der Waals surface area contributed by atoms with Crippen LogP contribution in [0.3, 0.4) is 0 Å². The van der Waals surface area contributed by atoms with Gasteiger partial charge in [0.25, 0.3) is 0 Å². The molecule has 0 fully saturated rings. The number of alkyl halides is 3. The second kappa shape index (κ2) is 8.02. The third kappa shape index (κ3) is 6.16. The molecule has 1 aromatic rings. The van der Waals surface area contributed by atoms with Crippen molar-refractivity contribution in [3.8, 4) is 0 Å². The molecule has 0 aromatic heterocycles. The third-order valence-corrected chi connectivity index (χ3v) is 3.04. The minimum absolute atomic E-state index is 0.245. The van der Waals surface area contributed by atoms with Gasteiger partial charge >= 0.3 is 12.1 Å². The Balaban J connectivity index is 2.14. The first-order chi connectivity index (χ1) is 9.82. The zero-order valence-electron chi connectivity index (χ0n) is 12.1. The average Bonchev–Trinajstić information content (AvgIpc) is 2.39. The van der Waals surface area contributed by atoms with E-state index in [4.69, 9.17) is 4.74 Å². The van der Waals surface area contributed by atoms with Crippen LogP contribution in [0.4, 0.5) is 13.2 Å². The largest absolute Gasteiger partial charge is 0.490 e. The molecule has 0 N–H and O–H groups in total. The highest BCUT2D eigenvalue weighted by Crippen LogP contribution is 2.17. The number of benzene rings is 1. The van der Waals surface area contributed by atoms with E-state index in [2.05, 4.69) is 4.74 Å². The Bertz CT molecular complexity index is 449. The molecule has 1 aromatic carbocycles. The third-order valence-electron chi connectivity index (χ3n) is 3.04. The van der Waals surface area contributed by atoms with E-state index in [0.717, 1.165) is 16.7 Å². The highest BCUT2D eigenvalue weighted by Gasteiger charge is 2.40. The molecule has 21 heavy (non-hydrogen) atoms. The zero-order chi connectivity index (χ0) is 15.9. The van der Waals surface area contributed by atoms with Gasteiger partial charge in [-0.25, -0.2) is 4.79 Å². The number of halogens is 3. The summed E-state index contributed by atoms with van der Waals surface area (Å²) in [7, 11) is 0. The molecule has 118 valence electrons. The maximum absolute atomic E-state index is 11.8. The Morgan fingerprint density at radius 2 is 1.67 bits per heavy atom. The Labute approximate surface area is 122 Å². The average molecular weight is 304 g/mol. The Morgan fingerprint density at radius 3 is 2.24 bits per heavy atom. The minimum Gasteiger partial charge on any atom is -0.459 e. The molecule has 0 unspecified atom stereocenters. The van der Waals surface area contributed by atoms with Crippen LogP contribution in [0.2, 0.25) is 0 Å². The van der Waals surface area contributed by atoms with Crippen LogP contribution < -0.4 is 0 Å². The topological polar surface area (TPSA) is 35.5 Å². The fourth-order valence-electron chi connectivity index (χ4n) is 1.80. The van der Waals surface area contributed by atoms with Crippen molar-refractivity contribution in [1.82, 2.24) is 0 Å². The molecule has 0 spiro atoms. The van der Waals surface area contributed by atoms with Crippen LogP contribution in [0, 0.1) is 13.8 Å². The lowest BCUT2D eigenvalue weighted by Gasteiger charge is -2.10. The molecule has 1 rings (SSSR count). The van der Waals surface area contributed by atoms with Gasteiger partial charge in [0.2, 0.25) is 0 Å². The van der Waals surface area contributed by atoms with E-state index >= 15 is 0 Å². The highest BCUT2D eigenvalue weighted by molar-refractivity contribution is 5.75. The standard InChI is InChI=1S/C15H19F3O3/c1-11-6-5-7-12(2)13(11)10-20-8-3-4-9-21-14(19)15(16,17)18/h5-7H,3-4,8-10H2,1-2H3. The molecule has 0 atom stereocenters. The van der Waals surface area contributed by atoms with Gasteiger partial charge in [0.1, 0.15) is 0 Å². The predicted molar refractivity (Wildman–Crippen MR) is 71.8 cm³/mol. The molecular weight excluding hydrogens is 285 g/mol. The van der Waals surface area contributed by atoms with Crippen molar-refractivity contribution in [3.63, 3.8) is 0 Å². The summed E-state index contributed by atoms with van der Waals surface area (Å²) in [5.41, 5.74) is 3.42. The van der Waals surface area contributed by atoms with E-state index in [1.807, 2.05) is 32.0 Å². The molecule has 0 aliphatic rings. The molecule has 0 saturated heterocycles. The number of esters is 1. The SMILES string of the molecule is Cc1cccc(C)c1COCCCCOC(=O)C(F)(F)F. The van der Waals surface area contributed by atoms with Gasteiger partial charge in [0.05, 0.1) is 13.2 Å². The molecule has 0 amide bonds. The fourth-order valence-corrected chi connectivity index (χ4v) is 1.80. The molecule has 3 nitrogen and oxygen atoms in total. The summed E-state index contributed by atoms with van der Waals surface area (Å²) >= 11 is 0. The lowest BCUT2D eigenvalue weighted by molar-refractivity contribution is -0.199. The highest BCUT2D eigenvalue weighted by atomic mass is 19.4. The number of carbonyl (C=O) groups excluding carboxylic acids is 1. The molecular formula is C15H19F3O3. The van der Waals surface area contributed by atoms with E-state index in [1.165, 1.54) is 0 Å². The molecule has 0 heterocycles. The second-order valence-corrected chi connectivity index (χ2v) is 4.76. The van der Waals surface area contributed by atoms with Gasteiger partial charge in [-0.05, 0) is 43.4 Å². The van der Waals surface area contributed by atoms with Crippen LogP contribution >= 0.6 is 0 Å². The summed E-state index contributed by atoms with van der Waals surface area (Å²) in [5.74, 6) is -2.14. The van der Waals surface area contributed by atoms with Crippen LogP contribution in [-0.4, -0.2) is 25.4 Å². The number of ether oxygens (including phenoxy) is 2. The first kappa shape index (κ1) is 17.5. The van der Waals surface area contributed by atoms with Crippen molar-refractivity contribution in [1.29, 1.82) is 0 Å². The van der Waals surface area contributed by atoms with Gasteiger partial charge in [-0.15, -0.1) is 0 Å². The number of rotatable bonds is 7. The summed E-state index contributed by atoms with van der Waals surface area (Å²) in [4.78, 5) is 10.4. The molecule has 0 aliphatic heterocycles. The van der Waals surface area contributed by atoms with Gasteiger partial charge in [0.15, 0.2) is 0 Å². The van der Waals surface area contributed by atoms with Crippen molar-refractivity contribution in [2.75, 3.05) is 13.2 Å². The summed E-state index contributed by atoms with van der Waals surface area (Å²) in [6, 6.07) is 5.98. The summed E-state index contributed by atoms with van der Waals surface area (Å²) in [6.07, 6.45) is -4.04. The van der Waals surface area contributed by atoms with E-state index in [9.17, 15) is 18.0 Å². The van der Waals surface area contributed by atoms with Gasteiger partial charge in [-0.1, -0.05) is 18.2 Å². The quantitative estimate of drug-likeness (QED) is 0.569. The summed E-state index contributed by atoms with van der Waals surface area (Å²) < 4.78 is 45.1. The maximum Gasteiger partial charge on any atom is 0.490 e. The van der Waals surface area contributed by atoms with Crippen LogP contribution in [-0.2, 0) is 20.9 Å². The fraction of sp³-hybridized carbons (Fsp3) is 0.533. The lowest BCUT2D eigenvalue weighted by Crippen LogP contribution is -2.25. The van der Waals surface area contributed by atoms with Gasteiger partial charge < -0.3 is 9.47 Å². The van der Waals surface area contributed by atoms with Crippen LogP contribution in [0.5, 0.6) is 0 Å². The monoisotopic (exact) mass is 304 g/mol. The smallest absolute Gasteiger partial charge is 0.459 e. The summed E-state index contributed by atoms with van der Waals surface area (Å²) in [5, 5.41) is 0. The molecule has 0 saturated carbocycles. The van der Waals surface area contributed by atoms with E-state index in [-0.39, 0.29) is 6.61 Å². The van der Waals surface area contributed by atoms with E-state index in [1.54, 1.807) is 0 Å². The van der Waals surface area contributed by atoms with Gasteiger partial charge in [0, 0.05) is 6.61 Å². The van der Waals surface area contributed by atoms with Crippen molar-refractivity contribution >= 4 is 5.97 Å². The molecule has 0 aliphatic carbocycles. The number of hydrogen-bond acceptors (Lipinski definition) is 3. The summed E-state index contributed by atoms with van der Waals surface area (Å²) in [6.45, 7) is 4.65. The lowest BCUT2D eigenvalue weighted by atomic mass is 10.0. The Morgan fingerprint density at radius 1 is 1.10 bits per heavy atom. The Kier molecular flexibility index (Phi) is 6.68. The van der Waals surface area contributed by atoms with Crippen LogP contribution in [0.15, 0.2) is 18.2 Å². The number of aryl methyl sites for hydroxylation is 2. The number of hydrogen-bond donors (Lipinski definition) is 0. The van der Waals surface area contributed by atoms with Crippen LogP contribution in [0.25, 0.3) is 0 Å². The normalized spacial score (nSPS) is 11.5. The first-order valence-corrected chi connectivity index (χ1v) is 6.69. The van der Waals surface area contributed by atoms with Crippen molar-refractivity contribution in [2.24, 2.45) is 0 Å². The minimum atomic E-state index is -4.92. The number of unbranched alkanes of at least 4 members (excludes halogenated alkanes) is 1. The van der Waals surface area contributed by atoms with E-state index < -0.39 is 12.1 Å². The van der Waals surface area contributed by atoms with Crippen molar-refractivity contribution in [3.05, 3.63) is 34.9 Å². The second-order valence-electron chi connectivity index (χ2n) is 4.76. The van der Waals surface area contributed by atoms with E-state index in [0.29, 0.717) is 26.1 Å². The maximum atomic E-state index is 11.8. The first-order valence-electron chi connectivity index (χ1n) is 6.69. The van der Waals surface area contributed by atoms with Crippen LogP contribution in [0.1, 0.15) is 29.5 Å². The molecule has 0 bridgehead atoms. The zero-order valence-corrected chi connectivity index (χ0v) is 12.1. The number of carbonyl (C=O) groups is 1. The Hall–Kier alpha value is -1.56. The van der Waals surface area contributed by atoms with Gasteiger partial charge in [-0.3, -0.25) is 0 Å². The molecule has 0 radical (unpaired) electrons.